The van der Waals surface area contributed by atoms with Gasteiger partial charge in [-0.1, -0.05) is 60.7 Å². The fourth-order valence-electron chi connectivity index (χ4n) is 4.51. The standard InChI is InChI=1S/C26H26N2O3/c29-25(16-21-18-31-24-11-10-19-6-4-5-9-22(19)26(21)24)27-23(20-7-2-1-3-8-20)17-28-12-14-30-15-13-28/h1-11,18,23H,12-17H2,(H,27,29)/p+1/t23-/m1/s1. The minimum atomic E-state index is -0.0308. The van der Waals surface area contributed by atoms with E-state index in [1.807, 2.05) is 36.4 Å². The fourth-order valence-corrected chi connectivity index (χ4v) is 4.51. The number of hydrogen-bond acceptors (Lipinski definition) is 3. The Labute approximate surface area is 181 Å². The van der Waals surface area contributed by atoms with Gasteiger partial charge in [-0.05, 0) is 22.4 Å². The van der Waals surface area contributed by atoms with Gasteiger partial charge in [-0.2, -0.15) is 0 Å². The lowest BCUT2D eigenvalue weighted by molar-refractivity contribution is -0.909. The first-order chi connectivity index (χ1) is 15.3. The maximum Gasteiger partial charge on any atom is 0.225 e. The van der Waals surface area contributed by atoms with Gasteiger partial charge >= 0.3 is 0 Å². The number of benzene rings is 3. The molecule has 1 aromatic heterocycles. The Morgan fingerprint density at radius 3 is 2.58 bits per heavy atom. The van der Waals surface area contributed by atoms with Crippen molar-refractivity contribution in [1.29, 1.82) is 0 Å². The summed E-state index contributed by atoms with van der Waals surface area (Å²) in [5.74, 6) is 0.0112. The zero-order valence-electron chi connectivity index (χ0n) is 17.5. The van der Waals surface area contributed by atoms with E-state index in [2.05, 4.69) is 35.6 Å². The monoisotopic (exact) mass is 415 g/mol. The molecule has 5 nitrogen and oxygen atoms in total. The second-order valence-corrected chi connectivity index (χ2v) is 8.19. The molecule has 0 spiro atoms. The van der Waals surface area contributed by atoms with E-state index in [0.29, 0.717) is 6.42 Å². The van der Waals surface area contributed by atoms with Crippen molar-refractivity contribution in [2.24, 2.45) is 0 Å². The summed E-state index contributed by atoms with van der Waals surface area (Å²) in [6, 6.07) is 22.5. The molecule has 0 saturated carbocycles. The third kappa shape index (κ3) is 4.33. The summed E-state index contributed by atoms with van der Waals surface area (Å²) in [5, 5.41) is 6.59. The quantitative estimate of drug-likeness (QED) is 0.509. The Morgan fingerprint density at radius 1 is 0.968 bits per heavy atom. The normalized spacial score (nSPS) is 15.9. The Balaban J connectivity index is 1.38. The molecule has 0 bridgehead atoms. The predicted molar refractivity (Wildman–Crippen MR) is 121 cm³/mol. The first-order valence-corrected chi connectivity index (χ1v) is 10.9. The van der Waals surface area contributed by atoms with Crippen LogP contribution in [0, 0.1) is 0 Å². The molecule has 4 aromatic rings. The summed E-state index contributed by atoms with van der Waals surface area (Å²) in [4.78, 5) is 14.6. The van der Waals surface area contributed by atoms with Gasteiger partial charge in [0.05, 0.1) is 25.9 Å². The van der Waals surface area contributed by atoms with E-state index in [-0.39, 0.29) is 11.9 Å². The van der Waals surface area contributed by atoms with Gasteiger partial charge in [-0.25, -0.2) is 0 Å². The lowest BCUT2D eigenvalue weighted by atomic mass is 10.0. The molecule has 3 aromatic carbocycles. The van der Waals surface area contributed by atoms with Crippen LogP contribution in [-0.2, 0) is 16.0 Å². The number of carbonyl (C=O) groups is 1. The van der Waals surface area contributed by atoms with Crippen LogP contribution in [-0.4, -0.2) is 38.8 Å². The van der Waals surface area contributed by atoms with Gasteiger partial charge in [0.15, 0.2) is 0 Å². The summed E-state index contributed by atoms with van der Waals surface area (Å²) in [6.45, 7) is 4.35. The minimum absolute atomic E-state index is 0.0112. The van der Waals surface area contributed by atoms with Crippen LogP contribution in [0.3, 0.4) is 0 Å². The van der Waals surface area contributed by atoms with Gasteiger partial charge in [0.25, 0.3) is 0 Å². The van der Waals surface area contributed by atoms with Crippen LogP contribution in [0.2, 0.25) is 0 Å². The van der Waals surface area contributed by atoms with Crippen molar-refractivity contribution in [3.05, 3.63) is 84.1 Å². The van der Waals surface area contributed by atoms with Crippen molar-refractivity contribution in [3.63, 3.8) is 0 Å². The average Bonchev–Trinajstić information content (AvgIpc) is 3.23. The highest BCUT2D eigenvalue weighted by molar-refractivity contribution is 6.08. The lowest BCUT2D eigenvalue weighted by Gasteiger charge is -2.28. The van der Waals surface area contributed by atoms with Crippen molar-refractivity contribution in [2.75, 3.05) is 32.8 Å². The molecule has 2 heterocycles. The van der Waals surface area contributed by atoms with Gasteiger partial charge < -0.3 is 19.4 Å². The predicted octanol–water partition coefficient (Wildman–Crippen LogP) is 2.90. The molecule has 0 unspecified atom stereocenters. The van der Waals surface area contributed by atoms with Crippen LogP contribution < -0.4 is 10.2 Å². The number of furan rings is 1. The Hall–Kier alpha value is -3.15. The second kappa shape index (κ2) is 8.92. The molecule has 158 valence electrons. The van der Waals surface area contributed by atoms with E-state index in [1.165, 1.54) is 4.90 Å². The van der Waals surface area contributed by atoms with Gasteiger partial charge in [-0.15, -0.1) is 0 Å². The molecule has 1 fully saturated rings. The van der Waals surface area contributed by atoms with Gasteiger partial charge in [0.1, 0.15) is 31.3 Å². The zero-order chi connectivity index (χ0) is 21.0. The minimum Gasteiger partial charge on any atom is -0.464 e. The van der Waals surface area contributed by atoms with Crippen LogP contribution in [0.5, 0.6) is 0 Å². The molecule has 1 aliphatic heterocycles. The zero-order valence-corrected chi connectivity index (χ0v) is 17.5. The molecule has 1 saturated heterocycles. The first kappa shape index (κ1) is 19.8. The molecule has 0 aliphatic carbocycles. The number of fused-ring (bicyclic) bond motifs is 3. The van der Waals surface area contributed by atoms with Crippen molar-refractivity contribution in [2.45, 2.75) is 12.5 Å². The number of nitrogens with one attached hydrogen (secondary N) is 2. The highest BCUT2D eigenvalue weighted by Crippen LogP contribution is 2.30. The van der Waals surface area contributed by atoms with Crippen LogP contribution in [0.1, 0.15) is 17.2 Å². The molecule has 31 heavy (non-hydrogen) atoms. The number of morpholine rings is 1. The van der Waals surface area contributed by atoms with E-state index in [4.69, 9.17) is 9.15 Å². The second-order valence-electron chi connectivity index (χ2n) is 8.19. The molecule has 1 amide bonds. The molecule has 2 N–H and O–H groups in total. The number of ether oxygens (including phenoxy) is 1. The Bertz CT molecular complexity index is 1180. The van der Waals surface area contributed by atoms with Crippen molar-refractivity contribution < 1.29 is 18.8 Å². The summed E-state index contributed by atoms with van der Waals surface area (Å²) in [5.41, 5.74) is 2.88. The number of hydrogen-bond donors (Lipinski definition) is 2. The van der Waals surface area contributed by atoms with E-state index in [9.17, 15) is 4.79 Å². The summed E-state index contributed by atoms with van der Waals surface area (Å²) >= 11 is 0. The molecule has 1 aliphatic rings. The van der Waals surface area contributed by atoms with Crippen LogP contribution in [0.15, 0.2) is 77.4 Å². The Morgan fingerprint density at radius 2 is 1.74 bits per heavy atom. The third-order valence-corrected chi connectivity index (χ3v) is 6.12. The fraction of sp³-hybridized carbons (Fsp3) is 0.269. The van der Waals surface area contributed by atoms with Crippen molar-refractivity contribution >= 4 is 27.6 Å². The smallest absolute Gasteiger partial charge is 0.225 e. The first-order valence-electron chi connectivity index (χ1n) is 10.9. The molecule has 5 rings (SSSR count). The SMILES string of the molecule is O=C(Cc1coc2ccc3ccccc3c12)N[C@H](C[NH+]1CCOCC1)c1ccccc1. The van der Waals surface area contributed by atoms with E-state index >= 15 is 0 Å². The van der Waals surface area contributed by atoms with E-state index in [1.54, 1.807) is 6.26 Å². The number of carbonyl (C=O) groups excluding carboxylic acids is 1. The van der Waals surface area contributed by atoms with Crippen molar-refractivity contribution in [3.8, 4) is 0 Å². The molecule has 1 atom stereocenters. The maximum atomic E-state index is 13.1. The van der Waals surface area contributed by atoms with Gasteiger partial charge in [0.2, 0.25) is 5.91 Å². The average molecular weight is 416 g/mol. The molecule has 5 heteroatoms. The van der Waals surface area contributed by atoms with Crippen LogP contribution >= 0.6 is 0 Å². The summed E-state index contributed by atoms with van der Waals surface area (Å²) in [7, 11) is 0. The molecule has 0 radical (unpaired) electrons. The van der Waals surface area contributed by atoms with E-state index < -0.39 is 0 Å². The summed E-state index contributed by atoms with van der Waals surface area (Å²) in [6.07, 6.45) is 2.02. The number of amides is 1. The molecular formula is C26H27N2O3+. The van der Waals surface area contributed by atoms with Crippen LogP contribution in [0.25, 0.3) is 21.7 Å². The maximum absolute atomic E-state index is 13.1. The highest BCUT2D eigenvalue weighted by Gasteiger charge is 2.23. The number of quaternary nitrogens is 1. The topological polar surface area (TPSA) is 55.9 Å². The summed E-state index contributed by atoms with van der Waals surface area (Å²) < 4.78 is 11.3. The lowest BCUT2D eigenvalue weighted by Crippen LogP contribution is -3.14. The number of rotatable bonds is 6. The highest BCUT2D eigenvalue weighted by atomic mass is 16.5. The third-order valence-electron chi connectivity index (χ3n) is 6.12. The van der Waals surface area contributed by atoms with Crippen LogP contribution in [0.4, 0.5) is 0 Å². The Kier molecular flexibility index (Phi) is 5.69. The van der Waals surface area contributed by atoms with Gasteiger partial charge in [0, 0.05) is 10.9 Å². The largest absolute Gasteiger partial charge is 0.464 e. The van der Waals surface area contributed by atoms with Gasteiger partial charge in [-0.3, -0.25) is 4.79 Å². The van der Waals surface area contributed by atoms with Crippen molar-refractivity contribution in [1.82, 2.24) is 5.32 Å². The molecular weight excluding hydrogens is 388 g/mol. The van der Waals surface area contributed by atoms with E-state index in [0.717, 1.165) is 65.7 Å².